The van der Waals surface area contributed by atoms with E-state index in [4.69, 9.17) is 9.47 Å². The van der Waals surface area contributed by atoms with Crippen molar-refractivity contribution in [3.8, 4) is 0 Å². The second-order valence-corrected chi connectivity index (χ2v) is 5.50. The Hall–Kier alpha value is -1.13. The minimum atomic E-state index is -0.207. The minimum absolute atomic E-state index is 0. The molecule has 0 bridgehead atoms. The number of hydrogen-bond acceptors (Lipinski definition) is 4. The van der Waals surface area contributed by atoms with Crippen LogP contribution >= 0.6 is 24.0 Å². The van der Waals surface area contributed by atoms with Crippen molar-refractivity contribution in [2.75, 3.05) is 58.0 Å². The van der Waals surface area contributed by atoms with E-state index in [0.717, 1.165) is 25.2 Å². The Bertz CT molecular complexity index is 539. The summed E-state index contributed by atoms with van der Waals surface area (Å²) in [5.41, 5.74) is 1.48. The predicted octanol–water partition coefficient (Wildman–Crippen LogP) is 1.98. The molecule has 0 unspecified atom stereocenters. The van der Waals surface area contributed by atoms with E-state index in [1.54, 1.807) is 13.2 Å². The Labute approximate surface area is 166 Å². The van der Waals surface area contributed by atoms with Crippen LogP contribution in [0.5, 0.6) is 0 Å². The fraction of sp³-hybridized carbons (Fsp3) is 0.588. The first-order valence-corrected chi connectivity index (χ1v) is 8.36. The van der Waals surface area contributed by atoms with Gasteiger partial charge in [0.2, 0.25) is 0 Å². The molecule has 6 nitrogen and oxygen atoms in total. The Balaban J connectivity index is 0.00000312. The van der Waals surface area contributed by atoms with E-state index in [1.165, 1.54) is 0 Å². The Morgan fingerprint density at radius 2 is 2.08 bits per heavy atom. The highest BCUT2D eigenvalue weighted by molar-refractivity contribution is 14.0. The summed E-state index contributed by atoms with van der Waals surface area (Å²) < 4.78 is 24.7. The van der Waals surface area contributed by atoms with Crippen molar-refractivity contribution in [3.63, 3.8) is 0 Å². The molecule has 142 valence electrons. The van der Waals surface area contributed by atoms with Crippen LogP contribution in [0.4, 0.5) is 10.1 Å². The third-order valence-electron chi connectivity index (χ3n) is 3.73. The van der Waals surface area contributed by atoms with Gasteiger partial charge in [0.15, 0.2) is 5.96 Å². The van der Waals surface area contributed by atoms with Crippen molar-refractivity contribution >= 4 is 35.6 Å². The van der Waals surface area contributed by atoms with Crippen LogP contribution in [0.1, 0.15) is 12.5 Å². The van der Waals surface area contributed by atoms with Gasteiger partial charge in [-0.05, 0) is 24.6 Å². The third kappa shape index (κ3) is 7.33. The summed E-state index contributed by atoms with van der Waals surface area (Å²) in [4.78, 5) is 6.49. The maximum atomic E-state index is 14.4. The summed E-state index contributed by atoms with van der Waals surface area (Å²) in [7, 11) is 1.66. The van der Waals surface area contributed by atoms with Gasteiger partial charge in [-0.3, -0.25) is 0 Å². The van der Waals surface area contributed by atoms with E-state index in [-0.39, 0.29) is 29.8 Å². The first-order valence-electron chi connectivity index (χ1n) is 8.36. The van der Waals surface area contributed by atoms with Crippen LogP contribution in [0.15, 0.2) is 23.2 Å². The number of halogens is 2. The zero-order valence-corrected chi connectivity index (χ0v) is 17.2. The average Bonchev–Trinajstić information content (AvgIpc) is 2.60. The number of nitrogens with zero attached hydrogens (tertiary/aromatic N) is 2. The molecule has 0 radical (unpaired) electrons. The molecular formula is C17H28FIN4O2. The van der Waals surface area contributed by atoms with Gasteiger partial charge in [0.25, 0.3) is 0 Å². The number of aliphatic imine (C=N–C) groups is 1. The lowest BCUT2D eigenvalue weighted by Crippen LogP contribution is -2.38. The molecule has 1 aromatic rings. The first kappa shape index (κ1) is 21.9. The van der Waals surface area contributed by atoms with Crippen molar-refractivity contribution < 1.29 is 13.9 Å². The van der Waals surface area contributed by atoms with Gasteiger partial charge in [0.05, 0.1) is 32.1 Å². The second-order valence-electron chi connectivity index (χ2n) is 5.50. The normalized spacial score (nSPS) is 14.8. The van der Waals surface area contributed by atoms with E-state index in [0.29, 0.717) is 44.6 Å². The standard InChI is InChI=1S/C17H27FN4O2.HI/c1-3-19-17(20-6-9-23-2)21-13-14-4-5-16(15(18)12-14)22-7-10-24-11-8-22;/h4-5,12H,3,6-11,13H2,1-2H3,(H2,19,20,21);1H. The molecule has 0 aromatic heterocycles. The van der Waals surface area contributed by atoms with Gasteiger partial charge in [0.1, 0.15) is 5.82 Å². The van der Waals surface area contributed by atoms with Gasteiger partial charge in [-0.1, -0.05) is 6.07 Å². The molecule has 0 spiro atoms. The van der Waals surface area contributed by atoms with E-state index in [2.05, 4.69) is 15.6 Å². The molecule has 0 saturated carbocycles. The lowest BCUT2D eigenvalue weighted by Gasteiger charge is -2.29. The molecule has 0 atom stereocenters. The van der Waals surface area contributed by atoms with Crippen LogP contribution in [0.2, 0.25) is 0 Å². The summed E-state index contributed by atoms with van der Waals surface area (Å²) in [6.45, 7) is 7.20. The monoisotopic (exact) mass is 466 g/mol. The fourth-order valence-electron chi connectivity index (χ4n) is 2.49. The number of rotatable bonds is 7. The minimum Gasteiger partial charge on any atom is -0.383 e. The van der Waals surface area contributed by atoms with Gasteiger partial charge in [-0.15, -0.1) is 24.0 Å². The van der Waals surface area contributed by atoms with E-state index in [9.17, 15) is 4.39 Å². The molecule has 8 heteroatoms. The smallest absolute Gasteiger partial charge is 0.191 e. The van der Waals surface area contributed by atoms with Crippen LogP contribution in [0, 0.1) is 5.82 Å². The summed E-state index contributed by atoms with van der Waals surface area (Å²) >= 11 is 0. The highest BCUT2D eigenvalue weighted by Crippen LogP contribution is 2.21. The van der Waals surface area contributed by atoms with Crippen LogP contribution in [-0.4, -0.2) is 59.1 Å². The number of morpholine rings is 1. The quantitative estimate of drug-likeness (QED) is 0.279. The van der Waals surface area contributed by atoms with Crippen molar-refractivity contribution in [2.45, 2.75) is 13.5 Å². The van der Waals surface area contributed by atoms with Crippen molar-refractivity contribution in [1.29, 1.82) is 0 Å². The van der Waals surface area contributed by atoms with Crippen LogP contribution in [0.3, 0.4) is 0 Å². The number of nitrogens with one attached hydrogen (secondary N) is 2. The second kappa shape index (κ2) is 12.3. The summed E-state index contributed by atoms with van der Waals surface area (Å²) in [6.07, 6.45) is 0. The van der Waals surface area contributed by atoms with Crippen LogP contribution < -0.4 is 15.5 Å². The molecular weight excluding hydrogens is 438 g/mol. The Morgan fingerprint density at radius 1 is 1.32 bits per heavy atom. The molecule has 1 aliphatic rings. The number of hydrogen-bond donors (Lipinski definition) is 2. The topological polar surface area (TPSA) is 58.1 Å². The molecule has 1 fully saturated rings. The number of methoxy groups -OCH3 is 1. The molecule has 1 heterocycles. The van der Waals surface area contributed by atoms with Crippen molar-refractivity contribution in [2.24, 2.45) is 4.99 Å². The maximum Gasteiger partial charge on any atom is 0.191 e. The van der Waals surface area contributed by atoms with Gasteiger partial charge < -0.3 is 25.0 Å². The van der Waals surface area contributed by atoms with Crippen LogP contribution in [-0.2, 0) is 16.0 Å². The summed E-state index contributed by atoms with van der Waals surface area (Å²) in [5, 5.41) is 6.32. The number of guanidine groups is 1. The van der Waals surface area contributed by atoms with E-state index in [1.807, 2.05) is 24.0 Å². The average molecular weight is 466 g/mol. The lowest BCUT2D eigenvalue weighted by atomic mass is 10.1. The molecule has 25 heavy (non-hydrogen) atoms. The highest BCUT2D eigenvalue weighted by atomic mass is 127. The van der Waals surface area contributed by atoms with Gasteiger partial charge >= 0.3 is 0 Å². The molecule has 2 N–H and O–H groups in total. The number of benzene rings is 1. The SMILES string of the molecule is CCNC(=NCc1ccc(N2CCOCC2)c(F)c1)NCCOC.I. The van der Waals surface area contributed by atoms with Gasteiger partial charge in [-0.25, -0.2) is 9.38 Å². The van der Waals surface area contributed by atoms with Gasteiger partial charge in [-0.2, -0.15) is 0 Å². The molecule has 1 aliphatic heterocycles. The van der Waals surface area contributed by atoms with E-state index >= 15 is 0 Å². The van der Waals surface area contributed by atoms with Crippen molar-refractivity contribution in [3.05, 3.63) is 29.6 Å². The summed E-state index contributed by atoms with van der Waals surface area (Å²) in [5.74, 6) is 0.495. The Morgan fingerprint density at radius 3 is 2.72 bits per heavy atom. The highest BCUT2D eigenvalue weighted by Gasteiger charge is 2.15. The fourth-order valence-corrected chi connectivity index (χ4v) is 2.49. The first-order chi connectivity index (χ1) is 11.7. The zero-order valence-electron chi connectivity index (χ0n) is 14.9. The number of anilines is 1. The van der Waals surface area contributed by atoms with Crippen LogP contribution in [0.25, 0.3) is 0 Å². The number of ether oxygens (including phenoxy) is 2. The molecule has 0 amide bonds. The summed E-state index contributed by atoms with van der Waals surface area (Å²) in [6, 6.07) is 5.32. The molecule has 1 aromatic carbocycles. The molecule has 2 rings (SSSR count). The van der Waals surface area contributed by atoms with E-state index < -0.39 is 0 Å². The van der Waals surface area contributed by atoms with Crippen molar-refractivity contribution in [1.82, 2.24) is 10.6 Å². The third-order valence-corrected chi connectivity index (χ3v) is 3.73. The molecule has 0 aliphatic carbocycles. The predicted molar refractivity (Wildman–Crippen MR) is 110 cm³/mol. The zero-order chi connectivity index (χ0) is 17.2. The van der Waals surface area contributed by atoms with Gasteiger partial charge in [0, 0.05) is 33.3 Å². The maximum absolute atomic E-state index is 14.4. The lowest BCUT2D eigenvalue weighted by molar-refractivity contribution is 0.122. The largest absolute Gasteiger partial charge is 0.383 e. The Kier molecular flexibility index (Phi) is 10.7. The molecule has 1 saturated heterocycles.